The van der Waals surface area contributed by atoms with Gasteiger partial charge in [-0.15, -0.1) is 11.3 Å². The van der Waals surface area contributed by atoms with Crippen molar-refractivity contribution in [3.05, 3.63) is 45.7 Å². The lowest BCUT2D eigenvalue weighted by atomic mass is 10.2. The molecular formula is C15H15BrN2O5S2. The van der Waals surface area contributed by atoms with E-state index in [4.69, 9.17) is 0 Å². The molecule has 0 bridgehead atoms. The normalized spacial score (nSPS) is 11.4. The number of esters is 1. The van der Waals surface area contributed by atoms with Crippen molar-refractivity contribution in [3.63, 3.8) is 0 Å². The summed E-state index contributed by atoms with van der Waals surface area (Å²) in [5.41, 5.74) is 0.797. The zero-order valence-electron chi connectivity index (χ0n) is 13.4. The van der Waals surface area contributed by atoms with E-state index in [-0.39, 0.29) is 10.8 Å². The average Bonchev–Trinajstić information content (AvgIpc) is 3.02. The van der Waals surface area contributed by atoms with Crippen LogP contribution in [0.3, 0.4) is 0 Å². The number of thiophene rings is 1. The van der Waals surface area contributed by atoms with Gasteiger partial charge in [-0.1, -0.05) is 0 Å². The number of nitrogens with one attached hydrogen (secondary N) is 1. The Morgan fingerprint density at radius 2 is 1.84 bits per heavy atom. The zero-order chi connectivity index (χ0) is 18.6. The maximum absolute atomic E-state index is 12.4. The molecular weight excluding hydrogens is 432 g/mol. The number of nitrogens with zero attached hydrogens (tertiary/aromatic N) is 1. The predicted molar refractivity (Wildman–Crippen MR) is 98.2 cm³/mol. The highest BCUT2D eigenvalue weighted by atomic mass is 79.9. The second-order valence-electron chi connectivity index (χ2n) is 4.94. The quantitative estimate of drug-likeness (QED) is 0.688. The minimum absolute atomic E-state index is 0.150. The maximum Gasteiger partial charge on any atom is 0.337 e. The highest BCUT2D eigenvalue weighted by Gasteiger charge is 2.24. The molecule has 0 aliphatic heterocycles. The van der Waals surface area contributed by atoms with E-state index in [9.17, 15) is 18.0 Å². The van der Waals surface area contributed by atoms with E-state index in [0.29, 0.717) is 15.0 Å². The molecule has 1 N–H and O–H groups in total. The van der Waals surface area contributed by atoms with Crippen LogP contribution in [-0.4, -0.2) is 45.3 Å². The predicted octanol–water partition coefficient (Wildman–Crippen LogP) is 2.56. The Morgan fingerprint density at radius 3 is 2.36 bits per heavy atom. The molecule has 10 heteroatoms. The van der Waals surface area contributed by atoms with Gasteiger partial charge >= 0.3 is 5.97 Å². The average molecular weight is 447 g/mol. The van der Waals surface area contributed by atoms with Crippen molar-refractivity contribution in [1.29, 1.82) is 0 Å². The van der Waals surface area contributed by atoms with Gasteiger partial charge in [0.15, 0.2) is 0 Å². The third-order valence-electron chi connectivity index (χ3n) is 3.17. The summed E-state index contributed by atoms with van der Waals surface area (Å²) in [5.74, 6) is -0.974. The van der Waals surface area contributed by atoms with Crippen molar-refractivity contribution in [2.75, 3.05) is 26.0 Å². The monoisotopic (exact) mass is 446 g/mol. The molecule has 2 rings (SSSR count). The molecule has 0 saturated heterocycles. The summed E-state index contributed by atoms with van der Waals surface area (Å²) in [6.07, 6.45) is 0. The van der Waals surface area contributed by atoms with Gasteiger partial charge in [0.25, 0.3) is 10.0 Å². The van der Waals surface area contributed by atoms with E-state index < -0.39 is 21.9 Å². The van der Waals surface area contributed by atoms with Gasteiger partial charge in [0.05, 0.1) is 23.0 Å². The van der Waals surface area contributed by atoms with Crippen molar-refractivity contribution >= 4 is 54.9 Å². The first-order chi connectivity index (χ1) is 11.7. The molecule has 0 aliphatic carbocycles. The molecule has 0 spiro atoms. The third-order valence-corrected chi connectivity index (χ3v) is 7.06. The first-order valence-electron chi connectivity index (χ1n) is 6.94. The number of anilines is 1. The second kappa shape index (κ2) is 8.09. The molecule has 0 radical (unpaired) electrons. The minimum Gasteiger partial charge on any atom is -0.465 e. The number of carbonyl (C=O) groups excluding carboxylic acids is 2. The molecule has 0 aliphatic rings. The number of sulfonamides is 1. The van der Waals surface area contributed by atoms with Gasteiger partial charge in [-0.25, -0.2) is 13.2 Å². The summed E-state index contributed by atoms with van der Waals surface area (Å²) in [6.45, 7) is -0.337. The van der Waals surface area contributed by atoms with Crippen molar-refractivity contribution in [3.8, 4) is 0 Å². The SMILES string of the molecule is COC(=O)c1ccc(NC(=O)CN(C)S(=O)(=O)c2ccc(Br)s2)cc1. The van der Waals surface area contributed by atoms with Crippen LogP contribution in [0.15, 0.2) is 44.4 Å². The molecule has 7 nitrogen and oxygen atoms in total. The van der Waals surface area contributed by atoms with Gasteiger partial charge in [0, 0.05) is 12.7 Å². The van der Waals surface area contributed by atoms with Crippen LogP contribution in [0.1, 0.15) is 10.4 Å². The molecule has 25 heavy (non-hydrogen) atoms. The van der Waals surface area contributed by atoms with Gasteiger partial charge in [0.2, 0.25) is 5.91 Å². The molecule has 0 unspecified atom stereocenters. The minimum atomic E-state index is -3.73. The maximum atomic E-state index is 12.4. The Morgan fingerprint density at radius 1 is 1.20 bits per heavy atom. The highest BCUT2D eigenvalue weighted by Crippen LogP contribution is 2.27. The standard InChI is InChI=1S/C15H15BrN2O5S2/c1-18(25(21,22)14-8-7-12(16)24-14)9-13(19)17-11-5-3-10(4-6-11)15(20)23-2/h3-8H,9H2,1-2H3,(H,17,19). The fourth-order valence-corrected chi connectivity index (χ4v) is 5.23. The molecule has 0 atom stereocenters. The molecule has 2 aromatic rings. The number of likely N-dealkylation sites (N-methyl/N-ethyl adjacent to an activating group) is 1. The Balaban J connectivity index is 2.01. The summed E-state index contributed by atoms with van der Waals surface area (Å²) < 4.78 is 31.1. The van der Waals surface area contributed by atoms with Crippen LogP contribution in [0, 0.1) is 0 Å². The van der Waals surface area contributed by atoms with Crippen LogP contribution in [0.5, 0.6) is 0 Å². The summed E-state index contributed by atoms with van der Waals surface area (Å²) in [7, 11) is -1.11. The van der Waals surface area contributed by atoms with Crippen molar-refractivity contribution in [2.45, 2.75) is 4.21 Å². The fraction of sp³-hybridized carbons (Fsp3) is 0.200. The van der Waals surface area contributed by atoms with E-state index in [1.807, 2.05) is 0 Å². The fourth-order valence-electron chi connectivity index (χ4n) is 1.89. The van der Waals surface area contributed by atoms with Crippen LogP contribution in [-0.2, 0) is 19.6 Å². The highest BCUT2D eigenvalue weighted by molar-refractivity contribution is 9.11. The molecule has 1 heterocycles. The Hall–Kier alpha value is -1.75. The summed E-state index contributed by atoms with van der Waals surface area (Å²) >= 11 is 4.29. The lowest BCUT2D eigenvalue weighted by Gasteiger charge is -2.15. The number of ether oxygens (including phenoxy) is 1. The number of halogens is 1. The molecule has 1 aromatic heterocycles. The van der Waals surface area contributed by atoms with Crippen molar-refractivity contribution in [2.24, 2.45) is 0 Å². The van der Waals surface area contributed by atoms with Crippen molar-refractivity contribution < 1.29 is 22.7 Å². The Labute approximate surface area is 157 Å². The van der Waals surface area contributed by atoms with Gasteiger partial charge < -0.3 is 10.1 Å². The van der Waals surface area contributed by atoms with Crippen LogP contribution in [0.2, 0.25) is 0 Å². The summed E-state index contributed by atoms with van der Waals surface area (Å²) in [5, 5.41) is 2.58. The van der Waals surface area contributed by atoms with Crippen LogP contribution in [0.25, 0.3) is 0 Å². The number of benzene rings is 1. The van der Waals surface area contributed by atoms with Gasteiger partial charge in [-0.05, 0) is 52.3 Å². The van der Waals surface area contributed by atoms with Gasteiger partial charge in [-0.3, -0.25) is 4.79 Å². The molecule has 134 valence electrons. The molecule has 1 amide bonds. The zero-order valence-corrected chi connectivity index (χ0v) is 16.6. The van der Waals surface area contributed by atoms with Crippen LogP contribution < -0.4 is 5.32 Å². The number of rotatable bonds is 6. The molecule has 0 fully saturated rings. The summed E-state index contributed by atoms with van der Waals surface area (Å²) in [6, 6.07) is 9.19. The van der Waals surface area contributed by atoms with E-state index in [2.05, 4.69) is 26.0 Å². The molecule has 0 saturated carbocycles. The van der Waals surface area contributed by atoms with Crippen LogP contribution in [0.4, 0.5) is 5.69 Å². The number of methoxy groups -OCH3 is 1. The smallest absolute Gasteiger partial charge is 0.337 e. The largest absolute Gasteiger partial charge is 0.465 e. The number of hydrogen-bond acceptors (Lipinski definition) is 6. The van der Waals surface area contributed by atoms with Gasteiger partial charge in [-0.2, -0.15) is 4.31 Å². The summed E-state index contributed by atoms with van der Waals surface area (Å²) in [4.78, 5) is 23.4. The van der Waals surface area contributed by atoms with Crippen molar-refractivity contribution in [1.82, 2.24) is 4.31 Å². The van der Waals surface area contributed by atoms with Crippen LogP contribution >= 0.6 is 27.3 Å². The Bertz CT molecular complexity index is 878. The van der Waals surface area contributed by atoms with Gasteiger partial charge in [0.1, 0.15) is 4.21 Å². The molecule has 1 aromatic carbocycles. The van der Waals surface area contributed by atoms with E-state index >= 15 is 0 Å². The lowest BCUT2D eigenvalue weighted by molar-refractivity contribution is -0.116. The third kappa shape index (κ3) is 4.88. The number of carbonyl (C=O) groups is 2. The second-order valence-corrected chi connectivity index (χ2v) is 9.67. The topological polar surface area (TPSA) is 92.8 Å². The number of amides is 1. The van der Waals surface area contributed by atoms with E-state index in [1.54, 1.807) is 6.07 Å². The first kappa shape index (κ1) is 19.6. The Kier molecular flexibility index (Phi) is 6.33. The van der Waals surface area contributed by atoms with E-state index in [1.165, 1.54) is 44.5 Å². The lowest BCUT2D eigenvalue weighted by Crippen LogP contribution is -2.34. The number of hydrogen-bond donors (Lipinski definition) is 1. The van der Waals surface area contributed by atoms with E-state index in [0.717, 1.165) is 15.6 Å². The first-order valence-corrected chi connectivity index (χ1v) is 9.99.